The van der Waals surface area contributed by atoms with Gasteiger partial charge in [0, 0.05) is 12.0 Å². The van der Waals surface area contributed by atoms with E-state index in [1.165, 1.54) is 173 Å². The third-order valence-electron chi connectivity index (χ3n) is 10.1. The highest BCUT2D eigenvalue weighted by molar-refractivity contribution is 5.84. The number of unbranched alkanes of at least 4 members (excludes halogenated alkanes) is 24. The Morgan fingerprint density at radius 1 is 0.592 bits per heavy atom. The smallest absolute Gasteiger partial charge is 0.194 e. The van der Waals surface area contributed by atoms with Crippen molar-refractivity contribution in [2.24, 2.45) is 5.90 Å². The molecule has 1 aromatic rings. The van der Waals surface area contributed by atoms with Gasteiger partial charge < -0.3 is 9.32 Å². The molecule has 0 aliphatic heterocycles. The van der Waals surface area contributed by atoms with Gasteiger partial charge in [-0.3, -0.25) is 4.79 Å². The number of carbonyl (C=O) groups is 1. The lowest BCUT2D eigenvalue weighted by Gasteiger charge is -2.37. The predicted octanol–water partition coefficient (Wildman–Crippen LogP) is 13.8. The zero-order chi connectivity index (χ0) is 36.1. The summed E-state index contributed by atoms with van der Waals surface area (Å²) in [5.41, 5.74) is 1.20. The Bertz CT molecular complexity index is 836. The van der Waals surface area contributed by atoms with Crippen LogP contribution in [0.4, 0.5) is 0 Å². The number of Topliss-reactive ketones (excluding diaryl/α,β-unsaturated/α-hetero) is 1. The van der Waals surface area contributed by atoms with E-state index < -0.39 is 0 Å². The van der Waals surface area contributed by atoms with Gasteiger partial charge in [0.15, 0.2) is 11.8 Å². The zero-order valence-corrected chi connectivity index (χ0v) is 33.7. The summed E-state index contributed by atoms with van der Waals surface area (Å²) in [7, 11) is 4.58. The summed E-state index contributed by atoms with van der Waals surface area (Å²) in [4.78, 5) is 17.7. The maximum Gasteiger partial charge on any atom is 0.194 e. The second-order valence-corrected chi connectivity index (χ2v) is 15.2. The van der Waals surface area contributed by atoms with Crippen molar-refractivity contribution in [2.75, 3.05) is 27.2 Å². The molecule has 49 heavy (non-hydrogen) atoms. The molecule has 0 bridgehead atoms. The molecule has 4 nitrogen and oxygen atoms in total. The minimum atomic E-state index is -0.0371. The van der Waals surface area contributed by atoms with Crippen LogP contribution >= 0.6 is 0 Å². The molecule has 1 aromatic carbocycles. The van der Waals surface area contributed by atoms with Gasteiger partial charge in [-0.1, -0.05) is 185 Å². The first kappa shape index (κ1) is 47.5. The molecule has 286 valence electrons. The summed E-state index contributed by atoms with van der Waals surface area (Å²) in [5.74, 6) is 4.97. The van der Waals surface area contributed by atoms with Gasteiger partial charge in [-0.15, -0.1) is 0 Å². The lowest BCUT2D eigenvalue weighted by Crippen LogP contribution is -2.47. The van der Waals surface area contributed by atoms with Gasteiger partial charge in [0.1, 0.15) is 0 Å². The second kappa shape index (κ2) is 36.3. The van der Waals surface area contributed by atoms with Crippen LogP contribution in [0.3, 0.4) is 0 Å². The van der Waals surface area contributed by atoms with E-state index in [-0.39, 0.29) is 6.04 Å². The van der Waals surface area contributed by atoms with Crippen molar-refractivity contribution >= 4 is 5.78 Å². The van der Waals surface area contributed by atoms with Gasteiger partial charge in [0.25, 0.3) is 0 Å². The van der Waals surface area contributed by atoms with Gasteiger partial charge in [-0.2, -0.15) is 0 Å². The molecular weight excluding hydrogens is 601 g/mol. The van der Waals surface area contributed by atoms with E-state index in [1.807, 2.05) is 6.92 Å². The van der Waals surface area contributed by atoms with Crippen molar-refractivity contribution in [1.29, 1.82) is 0 Å². The van der Waals surface area contributed by atoms with Gasteiger partial charge >= 0.3 is 0 Å². The highest BCUT2D eigenvalue weighted by Gasteiger charge is 2.35. The molecule has 0 saturated heterocycles. The molecule has 0 amide bonds. The summed E-state index contributed by atoms with van der Waals surface area (Å²) in [5, 5.41) is 0. The molecule has 0 saturated carbocycles. The van der Waals surface area contributed by atoms with Crippen molar-refractivity contribution in [1.82, 2.24) is 0 Å². The number of quaternary nitrogens is 1. The molecule has 1 unspecified atom stereocenters. The maximum absolute atomic E-state index is 13.6. The number of likely N-dealkylation sites (N-methyl/N-ethyl adjacent to an activating group) is 1. The molecule has 1 rings (SSSR count). The first-order chi connectivity index (χ1) is 23.9. The number of benzene rings is 1. The Morgan fingerprint density at radius 3 is 1.37 bits per heavy atom. The normalized spacial score (nSPS) is 12.3. The van der Waals surface area contributed by atoms with E-state index in [1.54, 1.807) is 0 Å². The average Bonchev–Trinajstić information content (AvgIpc) is 3.10. The standard InChI is InChI=1S/C43H78NO.C2H7NO/c1-5-7-9-11-13-15-17-19-21-22-24-26-28-30-35-39-42(45)43(41-37-33-32-34-38-41)44(3,4)40-36-31-29-27-25-23-20-18-16-14-12-10-8-6-2;1-2-4-3/h19,21,32-34,37-38,43H,5-18,20,22-31,35-36,39-40H2,1-4H3;2-3H2,1H3/q+1;/b21-19-;. The number of nitrogens with two attached hydrogens (primary N) is 1. The number of ketones is 1. The van der Waals surface area contributed by atoms with Gasteiger partial charge in [-0.05, 0) is 51.9 Å². The van der Waals surface area contributed by atoms with Crippen LogP contribution in [0.25, 0.3) is 0 Å². The van der Waals surface area contributed by atoms with Gasteiger partial charge in [-0.25, -0.2) is 5.90 Å². The first-order valence-corrected chi connectivity index (χ1v) is 21.3. The minimum Gasteiger partial charge on any atom is -0.316 e. The third kappa shape index (κ3) is 29.9. The van der Waals surface area contributed by atoms with Crippen LogP contribution in [0.1, 0.15) is 212 Å². The maximum atomic E-state index is 13.6. The van der Waals surface area contributed by atoms with E-state index in [2.05, 4.69) is 81.2 Å². The fourth-order valence-electron chi connectivity index (χ4n) is 6.96. The quantitative estimate of drug-likeness (QED) is 0.0340. The Kier molecular flexibility index (Phi) is 35.2. The number of allylic oxidation sites excluding steroid dienone is 2. The SMILES string of the molecule is CCCCCCCC/C=C\CCCCCCCC(=O)C(c1ccccc1)[N+](C)(C)CCCCCCCCCCCCCCCC.CCON. The largest absolute Gasteiger partial charge is 0.316 e. The fourth-order valence-corrected chi connectivity index (χ4v) is 6.96. The van der Waals surface area contributed by atoms with Crippen LogP contribution in [0.5, 0.6) is 0 Å². The van der Waals surface area contributed by atoms with Crippen molar-refractivity contribution in [3.63, 3.8) is 0 Å². The minimum absolute atomic E-state index is 0.0371. The van der Waals surface area contributed by atoms with Gasteiger partial charge in [0.05, 0.1) is 27.2 Å². The van der Waals surface area contributed by atoms with E-state index in [0.717, 1.165) is 23.9 Å². The Morgan fingerprint density at radius 2 is 0.959 bits per heavy atom. The van der Waals surface area contributed by atoms with Gasteiger partial charge in [0.2, 0.25) is 0 Å². The van der Waals surface area contributed by atoms with E-state index >= 15 is 0 Å². The Labute approximate surface area is 307 Å². The molecular formula is C45H85N2O2+. The van der Waals surface area contributed by atoms with Crippen LogP contribution in [-0.2, 0) is 9.63 Å². The van der Waals surface area contributed by atoms with Crippen molar-refractivity contribution in [3.8, 4) is 0 Å². The van der Waals surface area contributed by atoms with Crippen molar-refractivity contribution in [2.45, 2.75) is 207 Å². The summed E-state index contributed by atoms with van der Waals surface area (Å²) in [6.07, 6.45) is 41.8. The predicted molar refractivity (Wildman–Crippen MR) is 217 cm³/mol. The zero-order valence-electron chi connectivity index (χ0n) is 33.7. The van der Waals surface area contributed by atoms with Crippen LogP contribution in [0.2, 0.25) is 0 Å². The molecule has 1 atom stereocenters. The van der Waals surface area contributed by atoms with Crippen LogP contribution < -0.4 is 5.90 Å². The monoisotopic (exact) mass is 686 g/mol. The summed E-state index contributed by atoms with van der Waals surface area (Å²) in [6, 6.07) is 10.6. The summed E-state index contributed by atoms with van der Waals surface area (Å²) < 4.78 is 0.784. The lowest BCUT2D eigenvalue weighted by atomic mass is 9.95. The van der Waals surface area contributed by atoms with Crippen LogP contribution in [0, 0.1) is 0 Å². The van der Waals surface area contributed by atoms with Crippen molar-refractivity contribution in [3.05, 3.63) is 48.0 Å². The molecule has 0 aromatic heterocycles. The third-order valence-corrected chi connectivity index (χ3v) is 10.1. The van der Waals surface area contributed by atoms with E-state index in [0.29, 0.717) is 12.4 Å². The number of hydrogen-bond donors (Lipinski definition) is 1. The van der Waals surface area contributed by atoms with E-state index in [9.17, 15) is 4.79 Å². The lowest BCUT2D eigenvalue weighted by molar-refractivity contribution is -0.911. The number of carbonyl (C=O) groups excluding carboxylic acids is 1. The molecule has 2 N–H and O–H groups in total. The molecule has 0 spiro atoms. The topological polar surface area (TPSA) is 52.3 Å². The molecule has 0 radical (unpaired) electrons. The summed E-state index contributed by atoms with van der Waals surface area (Å²) in [6.45, 7) is 8.09. The highest BCUT2D eigenvalue weighted by Crippen LogP contribution is 2.29. The molecule has 0 fully saturated rings. The Hall–Kier alpha value is -1.49. The highest BCUT2D eigenvalue weighted by atomic mass is 16.6. The fraction of sp³-hybridized carbons (Fsp3) is 0.800. The molecule has 4 heteroatoms. The van der Waals surface area contributed by atoms with Crippen molar-refractivity contribution < 1.29 is 14.1 Å². The first-order valence-electron chi connectivity index (χ1n) is 21.3. The number of hydrogen-bond acceptors (Lipinski definition) is 3. The van der Waals surface area contributed by atoms with E-state index in [4.69, 9.17) is 0 Å². The molecule has 0 heterocycles. The average molecular weight is 686 g/mol. The number of nitrogens with zero attached hydrogens (tertiary/aromatic N) is 1. The summed E-state index contributed by atoms with van der Waals surface area (Å²) >= 11 is 0. The number of rotatable bonds is 34. The Balaban J connectivity index is 0.00000543. The van der Waals surface area contributed by atoms with Crippen LogP contribution in [-0.4, -0.2) is 37.5 Å². The molecule has 0 aliphatic rings. The second-order valence-electron chi connectivity index (χ2n) is 15.2. The molecule has 0 aliphatic carbocycles. The van der Waals surface area contributed by atoms with Crippen LogP contribution in [0.15, 0.2) is 42.5 Å².